The fraction of sp³-hybridized carbons (Fsp3) is 0.917. The topological polar surface area (TPSA) is 81.7 Å². The highest BCUT2D eigenvalue weighted by atomic mass is 32.2. The van der Waals surface area contributed by atoms with E-state index in [9.17, 15) is 13.2 Å². The molecule has 0 spiro atoms. The van der Waals surface area contributed by atoms with Crippen molar-refractivity contribution in [3.63, 3.8) is 0 Å². The number of carbonyl (C=O) groups is 1. The number of carbonyl (C=O) groups excluding carboxylic acids is 1. The monoisotopic (exact) mass is 295 g/mol. The van der Waals surface area contributed by atoms with Crippen LogP contribution in [0.15, 0.2) is 0 Å². The van der Waals surface area contributed by atoms with Crippen molar-refractivity contribution in [2.45, 2.75) is 58.6 Å². The average Bonchev–Trinajstić information content (AvgIpc) is 2.18. The number of amides is 1. The molecule has 0 heterocycles. The van der Waals surface area contributed by atoms with Gasteiger partial charge in [-0.3, -0.25) is 4.18 Å². The van der Waals surface area contributed by atoms with Crippen molar-refractivity contribution >= 4 is 16.2 Å². The highest BCUT2D eigenvalue weighted by Crippen LogP contribution is 2.09. The largest absolute Gasteiger partial charge is 0.444 e. The number of ether oxygens (including phenoxy) is 1. The SMILES string of the molecule is CCC(CCCOS(C)(=O)=O)NC(=O)OC(C)(C)C. The molecule has 19 heavy (non-hydrogen) atoms. The van der Waals surface area contributed by atoms with Crippen LogP contribution in [0.1, 0.15) is 47.0 Å². The third kappa shape index (κ3) is 12.0. The summed E-state index contributed by atoms with van der Waals surface area (Å²) in [5, 5.41) is 2.75. The Bertz CT molecular complexity index is 372. The molecule has 0 saturated carbocycles. The Morgan fingerprint density at radius 3 is 2.32 bits per heavy atom. The van der Waals surface area contributed by atoms with Gasteiger partial charge in [-0.1, -0.05) is 6.92 Å². The molecule has 0 aliphatic heterocycles. The number of rotatable bonds is 7. The second kappa shape index (κ2) is 7.69. The van der Waals surface area contributed by atoms with Crippen molar-refractivity contribution in [2.75, 3.05) is 12.9 Å². The number of alkyl carbamates (subject to hydrolysis) is 1. The molecule has 0 radical (unpaired) electrons. The first-order valence-electron chi connectivity index (χ1n) is 6.37. The molecule has 0 aliphatic rings. The predicted octanol–water partition coefficient (Wildman–Crippen LogP) is 2.05. The van der Waals surface area contributed by atoms with Crippen LogP contribution < -0.4 is 5.32 Å². The smallest absolute Gasteiger partial charge is 0.407 e. The highest BCUT2D eigenvalue weighted by molar-refractivity contribution is 7.85. The molecule has 0 rings (SSSR count). The van der Waals surface area contributed by atoms with Gasteiger partial charge in [-0.25, -0.2) is 4.79 Å². The first kappa shape index (κ1) is 18.2. The second-order valence-electron chi connectivity index (χ2n) is 5.42. The van der Waals surface area contributed by atoms with Crippen LogP contribution in [0.4, 0.5) is 4.79 Å². The molecule has 0 fully saturated rings. The van der Waals surface area contributed by atoms with Gasteiger partial charge in [-0.2, -0.15) is 8.42 Å². The summed E-state index contributed by atoms with van der Waals surface area (Å²) in [4.78, 5) is 11.6. The predicted molar refractivity (Wildman–Crippen MR) is 73.5 cm³/mol. The van der Waals surface area contributed by atoms with Crippen molar-refractivity contribution in [1.82, 2.24) is 5.32 Å². The molecule has 1 atom stereocenters. The maximum absolute atomic E-state index is 11.6. The van der Waals surface area contributed by atoms with E-state index in [2.05, 4.69) is 9.50 Å². The first-order chi connectivity index (χ1) is 8.53. The molecule has 6 nitrogen and oxygen atoms in total. The maximum atomic E-state index is 11.6. The summed E-state index contributed by atoms with van der Waals surface area (Å²) in [6, 6.07) is -0.0435. The Balaban J connectivity index is 3.99. The zero-order chi connectivity index (χ0) is 15.1. The zero-order valence-electron chi connectivity index (χ0n) is 12.4. The van der Waals surface area contributed by atoms with Crippen molar-refractivity contribution in [2.24, 2.45) is 0 Å². The molecular weight excluding hydrogens is 270 g/mol. The van der Waals surface area contributed by atoms with E-state index in [4.69, 9.17) is 4.74 Å². The van der Waals surface area contributed by atoms with Crippen LogP contribution in [0, 0.1) is 0 Å². The third-order valence-corrected chi connectivity index (χ3v) is 2.80. The van der Waals surface area contributed by atoms with Gasteiger partial charge in [0.1, 0.15) is 5.60 Å². The Hall–Kier alpha value is -0.820. The molecule has 0 saturated heterocycles. The lowest BCUT2D eigenvalue weighted by molar-refractivity contribution is 0.0498. The average molecular weight is 295 g/mol. The minimum Gasteiger partial charge on any atom is -0.444 e. The van der Waals surface area contributed by atoms with Gasteiger partial charge in [0.15, 0.2) is 0 Å². The van der Waals surface area contributed by atoms with Gasteiger partial charge in [0.05, 0.1) is 12.9 Å². The van der Waals surface area contributed by atoms with Gasteiger partial charge in [0.2, 0.25) is 0 Å². The highest BCUT2D eigenvalue weighted by Gasteiger charge is 2.18. The van der Waals surface area contributed by atoms with E-state index in [1.165, 1.54) is 0 Å². The summed E-state index contributed by atoms with van der Waals surface area (Å²) in [6.45, 7) is 7.47. The number of hydrogen-bond acceptors (Lipinski definition) is 5. The van der Waals surface area contributed by atoms with E-state index in [0.717, 1.165) is 12.7 Å². The van der Waals surface area contributed by atoms with E-state index in [0.29, 0.717) is 12.8 Å². The van der Waals surface area contributed by atoms with E-state index < -0.39 is 21.8 Å². The van der Waals surface area contributed by atoms with Gasteiger partial charge >= 0.3 is 6.09 Å². The summed E-state index contributed by atoms with van der Waals surface area (Å²) >= 11 is 0. The van der Waals surface area contributed by atoms with Crippen molar-refractivity contribution in [3.05, 3.63) is 0 Å². The molecule has 0 aromatic rings. The zero-order valence-corrected chi connectivity index (χ0v) is 13.2. The van der Waals surface area contributed by atoms with Crippen LogP contribution in [0.2, 0.25) is 0 Å². The van der Waals surface area contributed by atoms with Crippen LogP contribution in [0.25, 0.3) is 0 Å². The number of nitrogens with one attached hydrogen (secondary N) is 1. The molecule has 114 valence electrons. The van der Waals surface area contributed by atoms with Crippen LogP contribution in [0.5, 0.6) is 0 Å². The fourth-order valence-electron chi connectivity index (χ4n) is 1.39. The molecule has 0 aromatic carbocycles. The summed E-state index contributed by atoms with van der Waals surface area (Å²) in [6.07, 6.45) is 2.51. The van der Waals surface area contributed by atoms with Gasteiger partial charge in [0, 0.05) is 6.04 Å². The van der Waals surface area contributed by atoms with Crippen molar-refractivity contribution < 1.29 is 22.1 Å². The second-order valence-corrected chi connectivity index (χ2v) is 7.06. The molecule has 0 aromatic heterocycles. The van der Waals surface area contributed by atoms with Crippen LogP contribution in [0.3, 0.4) is 0 Å². The van der Waals surface area contributed by atoms with E-state index in [-0.39, 0.29) is 12.6 Å². The Morgan fingerprint density at radius 2 is 1.89 bits per heavy atom. The quantitative estimate of drug-likeness (QED) is 0.574. The third-order valence-electron chi connectivity index (χ3n) is 2.21. The van der Waals surface area contributed by atoms with E-state index in [1.807, 2.05) is 6.92 Å². The maximum Gasteiger partial charge on any atom is 0.407 e. The van der Waals surface area contributed by atoms with Crippen molar-refractivity contribution in [3.8, 4) is 0 Å². The summed E-state index contributed by atoms with van der Waals surface area (Å²) in [7, 11) is -3.39. The van der Waals surface area contributed by atoms with E-state index >= 15 is 0 Å². The normalized spacial score (nSPS) is 13.9. The van der Waals surface area contributed by atoms with Gasteiger partial charge < -0.3 is 10.1 Å². The van der Waals surface area contributed by atoms with Crippen molar-refractivity contribution in [1.29, 1.82) is 0 Å². The Morgan fingerprint density at radius 1 is 1.32 bits per heavy atom. The Kier molecular flexibility index (Phi) is 7.36. The molecule has 0 aliphatic carbocycles. The molecule has 0 bridgehead atoms. The number of hydrogen-bond donors (Lipinski definition) is 1. The minimum absolute atomic E-state index is 0.0435. The molecule has 7 heteroatoms. The standard InChI is InChI=1S/C12H25NO5S/c1-6-10(8-7-9-17-19(5,15)16)13-11(14)18-12(2,3)4/h10H,6-9H2,1-5H3,(H,13,14). The van der Waals surface area contributed by atoms with Crippen LogP contribution in [-0.2, 0) is 19.0 Å². The first-order valence-corrected chi connectivity index (χ1v) is 8.19. The summed E-state index contributed by atoms with van der Waals surface area (Å²) in [5.41, 5.74) is -0.526. The van der Waals surface area contributed by atoms with Crippen LogP contribution in [-0.4, -0.2) is 39.0 Å². The van der Waals surface area contributed by atoms with Gasteiger partial charge in [-0.05, 0) is 40.0 Å². The van der Waals surface area contributed by atoms with Gasteiger partial charge in [0.25, 0.3) is 10.1 Å². The Labute approximate surface area is 116 Å². The lowest BCUT2D eigenvalue weighted by Crippen LogP contribution is -2.39. The molecule has 1 amide bonds. The van der Waals surface area contributed by atoms with E-state index in [1.54, 1.807) is 20.8 Å². The molecule has 1 N–H and O–H groups in total. The van der Waals surface area contributed by atoms with Crippen LogP contribution >= 0.6 is 0 Å². The lowest BCUT2D eigenvalue weighted by atomic mass is 10.1. The fourth-order valence-corrected chi connectivity index (χ4v) is 1.81. The lowest BCUT2D eigenvalue weighted by Gasteiger charge is -2.23. The minimum atomic E-state index is -3.39. The summed E-state index contributed by atoms with van der Waals surface area (Å²) in [5.74, 6) is 0. The summed E-state index contributed by atoms with van der Waals surface area (Å²) < 4.78 is 31.3. The molecular formula is C12H25NO5S. The van der Waals surface area contributed by atoms with Gasteiger partial charge in [-0.15, -0.1) is 0 Å². The molecule has 1 unspecified atom stereocenters.